The van der Waals surface area contributed by atoms with Crippen LogP contribution in [0, 0.1) is 5.92 Å². The van der Waals surface area contributed by atoms with Gasteiger partial charge in [0.2, 0.25) is 0 Å². The Morgan fingerprint density at radius 3 is 2.32 bits per heavy atom. The number of nitrogens with one attached hydrogen (secondary N) is 1. The van der Waals surface area contributed by atoms with Crippen molar-refractivity contribution in [3.63, 3.8) is 0 Å². The minimum Gasteiger partial charge on any atom is -0.484 e. The molecule has 3 aromatic rings. The zero-order valence-corrected chi connectivity index (χ0v) is 22.3. The van der Waals surface area contributed by atoms with Crippen LogP contribution in [0.25, 0.3) is 0 Å². The lowest BCUT2D eigenvalue weighted by molar-refractivity contribution is -0.118. The average Bonchev–Trinajstić information content (AvgIpc) is 3.49. The van der Waals surface area contributed by atoms with Crippen LogP contribution in [0.15, 0.2) is 72.8 Å². The molecule has 0 spiro atoms. The van der Waals surface area contributed by atoms with Crippen molar-refractivity contribution >= 4 is 34.8 Å². The number of amides is 2. The highest BCUT2D eigenvalue weighted by atomic mass is 35.5. The third-order valence-electron chi connectivity index (χ3n) is 7.41. The van der Waals surface area contributed by atoms with Gasteiger partial charge in [-0.25, -0.2) is 0 Å². The van der Waals surface area contributed by atoms with E-state index >= 15 is 0 Å². The monoisotopic (exact) mass is 531 g/mol. The second-order valence-electron chi connectivity index (χ2n) is 10.1. The average molecular weight is 532 g/mol. The fraction of sp³-hybridized carbons (Fsp3) is 0.355. The molecule has 6 nitrogen and oxygen atoms in total. The molecule has 2 amide bonds. The number of carbonyl (C=O) groups excluding carboxylic acids is 2. The molecule has 0 aromatic heterocycles. The van der Waals surface area contributed by atoms with Gasteiger partial charge in [-0.15, -0.1) is 0 Å². The van der Waals surface area contributed by atoms with Crippen molar-refractivity contribution in [1.29, 1.82) is 0 Å². The summed E-state index contributed by atoms with van der Waals surface area (Å²) in [5.41, 5.74) is 3.59. The second-order valence-corrected chi connectivity index (χ2v) is 10.6. The normalized spacial score (nSPS) is 15.9. The molecule has 2 fully saturated rings. The van der Waals surface area contributed by atoms with Crippen molar-refractivity contribution in [1.82, 2.24) is 4.90 Å². The largest absolute Gasteiger partial charge is 0.484 e. The number of anilines is 2. The minimum absolute atomic E-state index is 0.0393. The van der Waals surface area contributed by atoms with E-state index in [1.165, 1.54) is 5.56 Å². The number of likely N-dealkylation sites (tertiary alicyclic amines) is 1. The number of hydrogen-bond acceptors (Lipinski definition) is 4. The number of benzene rings is 3. The third kappa shape index (κ3) is 6.67. The molecule has 0 saturated carbocycles. The molecule has 0 bridgehead atoms. The molecule has 3 aromatic carbocycles. The van der Waals surface area contributed by atoms with Crippen LogP contribution in [0.2, 0.25) is 5.02 Å². The predicted molar refractivity (Wildman–Crippen MR) is 152 cm³/mol. The molecule has 2 aliphatic heterocycles. The van der Waals surface area contributed by atoms with Gasteiger partial charge in [-0.2, -0.15) is 0 Å². The van der Waals surface area contributed by atoms with Crippen LogP contribution in [0.1, 0.15) is 41.6 Å². The molecule has 7 heteroatoms. The standard InChI is InChI=1S/C31H34ClN3O3/c32-25-8-11-27(12-9-25)38-22-30(36)33-26-10-13-29(28(21-26)31(37)35-16-4-5-17-35)34-18-14-24(15-19-34)20-23-6-2-1-3-7-23/h1-3,6-13,21,24H,4-5,14-20,22H2,(H,33,36). The second kappa shape index (κ2) is 12.4. The van der Waals surface area contributed by atoms with Crippen LogP contribution in [0.3, 0.4) is 0 Å². The lowest BCUT2D eigenvalue weighted by Gasteiger charge is -2.35. The molecule has 0 radical (unpaired) electrons. The van der Waals surface area contributed by atoms with E-state index in [4.69, 9.17) is 16.3 Å². The summed E-state index contributed by atoms with van der Waals surface area (Å²) in [5.74, 6) is 0.970. The molecule has 38 heavy (non-hydrogen) atoms. The first-order chi connectivity index (χ1) is 18.5. The molecule has 2 saturated heterocycles. The first-order valence-corrected chi connectivity index (χ1v) is 13.8. The van der Waals surface area contributed by atoms with Crippen LogP contribution < -0.4 is 15.0 Å². The zero-order valence-electron chi connectivity index (χ0n) is 21.6. The van der Waals surface area contributed by atoms with Crippen LogP contribution >= 0.6 is 11.6 Å². The molecule has 2 heterocycles. The van der Waals surface area contributed by atoms with E-state index in [2.05, 4.69) is 40.5 Å². The predicted octanol–water partition coefficient (Wildman–Crippen LogP) is 6.05. The number of rotatable bonds is 8. The molecule has 0 unspecified atom stereocenters. The van der Waals surface area contributed by atoms with E-state index in [9.17, 15) is 9.59 Å². The molecule has 198 valence electrons. The number of halogens is 1. The van der Waals surface area contributed by atoms with Gasteiger partial charge < -0.3 is 19.9 Å². The Bertz CT molecular complexity index is 1230. The fourth-order valence-corrected chi connectivity index (χ4v) is 5.48. The maximum Gasteiger partial charge on any atom is 0.262 e. The number of piperidine rings is 1. The van der Waals surface area contributed by atoms with Gasteiger partial charge in [0.1, 0.15) is 5.75 Å². The first-order valence-electron chi connectivity index (χ1n) is 13.5. The first kappa shape index (κ1) is 26.1. The Balaban J connectivity index is 1.26. The summed E-state index contributed by atoms with van der Waals surface area (Å²) in [4.78, 5) is 30.4. The van der Waals surface area contributed by atoms with E-state index < -0.39 is 0 Å². The summed E-state index contributed by atoms with van der Waals surface area (Å²) < 4.78 is 5.57. The van der Waals surface area contributed by atoms with Gasteiger partial charge in [-0.1, -0.05) is 41.9 Å². The Morgan fingerprint density at radius 2 is 1.61 bits per heavy atom. The fourth-order valence-electron chi connectivity index (χ4n) is 5.35. The molecular weight excluding hydrogens is 498 g/mol. The Morgan fingerprint density at radius 1 is 0.895 bits per heavy atom. The topological polar surface area (TPSA) is 61.9 Å². The lowest BCUT2D eigenvalue weighted by atomic mass is 9.89. The Labute approximate surface area is 229 Å². The van der Waals surface area contributed by atoms with Gasteiger partial charge >= 0.3 is 0 Å². The van der Waals surface area contributed by atoms with Crippen LogP contribution in [0.4, 0.5) is 11.4 Å². The van der Waals surface area contributed by atoms with Crippen LogP contribution in [0.5, 0.6) is 5.75 Å². The van der Waals surface area contributed by atoms with Crippen molar-refractivity contribution in [2.24, 2.45) is 5.92 Å². The quantitative estimate of drug-likeness (QED) is 0.384. The van der Waals surface area contributed by atoms with Crippen molar-refractivity contribution in [3.05, 3.63) is 88.9 Å². The van der Waals surface area contributed by atoms with Gasteiger partial charge in [-0.3, -0.25) is 9.59 Å². The van der Waals surface area contributed by atoms with E-state index in [-0.39, 0.29) is 18.4 Å². The highest BCUT2D eigenvalue weighted by molar-refractivity contribution is 6.30. The van der Waals surface area contributed by atoms with Gasteiger partial charge in [0.25, 0.3) is 11.8 Å². The third-order valence-corrected chi connectivity index (χ3v) is 7.66. The van der Waals surface area contributed by atoms with Crippen molar-refractivity contribution in [2.75, 3.05) is 43.0 Å². The number of ether oxygens (including phenoxy) is 1. The van der Waals surface area contributed by atoms with Crippen molar-refractivity contribution in [2.45, 2.75) is 32.1 Å². The van der Waals surface area contributed by atoms with E-state index in [0.29, 0.717) is 27.9 Å². The Hall–Kier alpha value is -3.51. The lowest BCUT2D eigenvalue weighted by Crippen LogP contribution is -2.36. The number of hydrogen-bond donors (Lipinski definition) is 1. The van der Waals surface area contributed by atoms with Gasteiger partial charge in [0.15, 0.2) is 6.61 Å². The highest BCUT2D eigenvalue weighted by Crippen LogP contribution is 2.31. The maximum absolute atomic E-state index is 13.5. The Kier molecular flexibility index (Phi) is 8.49. The molecule has 5 rings (SSSR count). The minimum atomic E-state index is -0.283. The summed E-state index contributed by atoms with van der Waals surface area (Å²) >= 11 is 5.91. The molecule has 0 atom stereocenters. The van der Waals surface area contributed by atoms with Crippen molar-refractivity contribution in [3.8, 4) is 5.75 Å². The van der Waals surface area contributed by atoms with E-state index in [1.807, 2.05) is 23.1 Å². The summed E-state index contributed by atoms with van der Waals surface area (Å²) in [6.07, 6.45) is 5.34. The summed E-state index contributed by atoms with van der Waals surface area (Å²) in [6.45, 7) is 3.26. The van der Waals surface area contributed by atoms with Crippen molar-refractivity contribution < 1.29 is 14.3 Å². The summed E-state index contributed by atoms with van der Waals surface area (Å²) in [6, 6.07) is 23.2. The van der Waals surface area contributed by atoms with Gasteiger partial charge in [-0.05, 0) is 86.1 Å². The van der Waals surface area contributed by atoms with Crippen LogP contribution in [-0.4, -0.2) is 49.5 Å². The van der Waals surface area contributed by atoms with Gasteiger partial charge in [0.05, 0.1) is 5.56 Å². The van der Waals surface area contributed by atoms with E-state index in [0.717, 1.165) is 64.0 Å². The SMILES string of the molecule is O=C(COc1ccc(Cl)cc1)Nc1ccc(N2CCC(Cc3ccccc3)CC2)c(C(=O)N2CCCC2)c1. The number of carbonyl (C=O) groups is 2. The van der Waals surface area contributed by atoms with Gasteiger partial charge in [0, 0.05) is 42.6 Å². The van der Waals surface area contributed by atoms with Crippen LogP contribution in [-0.2, 0) is 11.2 Å². The molecule has 0 aliphatic carbocycles. The summed E-state index contributed by atoms with van der Waals surface area (Å²) in [7, 11) is 0. The maximum atomic E-state index is 13.5. The summed E-state index contributed by atoms with van der Waals surface area (Å²) in [5, 5.41) is 3.50. The molecule has 2 aliphatic rings. The number of nitrogens with zero attached hydrogens (tertiary/aromatic N) is 2. The smallest absolute Gasteiger partial charge is 0.262 e. The zero-order chi connectivity index (χ0) is 26.3. The molecule has 1 N–H and O–H groups in total. The highest BCUT2D eigenvalue weighted by Gasteiger charge is 2.27. The van der Waals surface area contributed by atoms with E-state index in [1.54, 1.807) is 24.3 Å². The molecular formula is C31H34ClN3O3.